The normalized spacial score (nSPS) is 15.2. The lowest BCUT2D eigenvalue weighted by atomic mass is 9.85. The Hall–Kier alpha value is -0.980. The number of amides is 1. The second-order valence-electron chi connectivity index (χ2n) is 5.38. The number of anilines is 1. The van der Waals surface area contributed by atoms with Gasteiger partial charge in [0.25, 0.3) is 0 Å². The van der Waals surface area contributed by atoms with E-state index in [1.165, 1.54) is 22.5 Å². The first-order valence-electron chi connectivity index (χ1n) is 6.99. The lowest BCUT2D eigenvalue weighted by Gasteiger charge is -2.26. The number of carbonyl (C=O) groups excluding carboxylic acids is 1. The summed E-state index contributed by atoms with van der Waals surface area (Å²) in [6.45, 7) is 0.375. The molecule has 1 saturated carbocycles. The number of benzene rings is 1. The van der Waals surface area contributed by atoms with Gasteiger partial charge in [-0.15, -0.1) is 0 Å². The van der Waals surface area contributed by atoms with Crippen molar-refractivity contribution in [3.05, 3.63) is 28.2 Å². The van der Waals surface area contributed by atoms with Crippen molar-refractivity contribution in [2.24, 2.45) is 5.92 Å². The first-order valence-corrected chi connectivity index (χ1v) is 9.59. The second-order valence-corrected chi connectivity index (χ2v) is 8.16. The van der Waals surface area contributed by atoms with Crippen molar-refractivity contribution in [3.63, 3.8) is 0 Å². The summed E-state index contributed by atoms with van der Waals surface area (Å²) >= 11 is 11.8. The van der Waals surface area contributed by atoms with Gasteiger partial charge in [-0.3, -0.25) is 9.10 Å². The highest BCUT2D eigenvalue weighted by Crippen LogP contribution is 2.27. The van der Waals surface area contributed by atoms with Crippen molar-refractivity contribution in [3.8, 4) is 0 Å². The number of sulfonamides is 1. The average molecular weight is 365 g/mol. The molecule has 0 atom stereocenters. The van der Waals surface area contributed by atoms with E-state index in [1.54, 1.807) is 0 Å². The van der Waals surface area contributed by atoms with E-state index in [-0.39, 0.29) is 24.9 Å². The molecule has 5 nitrogen and oxygen atoms in total. The third kappa shape index (κ3) is 4.51. The molecule has 1 aromatic rings. The van der Waals surface area contributed by atoms with Crippen LogP contribution in [-0.4, -0.2) is 33.7 Å². The van der Waals surface area contributed by atoms with Gasteiger partial charge in [-0.1, -0.05) is 29.6 Å². The molecule has 22 heavy (non-hydrogen) atoms. The molecule has 0 saturated heterocycles. The summed E-state index contributed by atoms with van der Waals surface area (Å²) < 4.78 is 25.1. The molecular weight excluding hydrogens is 347 g/mol. The molecular formula is C14H18Cl2N2O3S. The summed E-state index contributed by atoms with van der Waals surface area (Å²) in [7, 11) is -3.50. The van der Waals surface area contributed by atoms with Gasteiger partial charge in [0.05, 0.1) is 18.5 Å². The minimum atomic E-state index is -3.50. The maximum atomic E-state index is 12.0. The minimum Gasteiger partial charge on any atom is -0.354 e. The summed E-state index contributed by atoms with van der Waals surface area (Å²) in [4.78, 5) is 11.8. The highest BCUT2D eigenvalue weighted by atomic mass is 35.5. The van der Waals surface area contributed by atoms with E-state index in [1.807, 2.05) is 0 Å². The Kier molecular flexibility index (Phi) is 5.58. The van der Waals surface area contributed by atoms with Crippen molar-refractivity contribution in [2.45, 2.75) is 19.3 Å². The SMILES string of the molecule is CS(=O)(=O)N(CCNC(=O)C1CCC1)c1cc(Cl)cc(Cl)c1. The Labute approximate surface area is 140 Å². The predicted molar refractivity (Wildman–Crippen MR) is 89.0 cm³/mol. The topological polar surface area (TPSA) is 66.5 Å². The molecule has 1 N–H and O–H groups in total. The number of hydrogen-bond acceptors (Lipinski definition) is 3. The van der Waals surface area contributed by atoms with Gasteiger partial charge in [0, 0.05) is 22.5 Å². The number of nitrogens with one attached hydrogen (secondary N) is 1. The smallest absolute Gasteiger partial charge is 0.232 e. The Morgan fingerprint density at radius 1 is 1.27 bits per heavy atom. The summed E-state index contributed by atoms with van der Waals surface area (Å²) in [6.07, 6.45) is 4.00. The van der Waals surface area contributed by atoms with Crippen molar-refractivity contribution >= 4 is 44.8 Å². The number of carbonyl (C=O) groups is 1. The van der Waals surface area contributed by atoms with E-state index < -0.39 is 10.0 Å². The van der Waals surface area contributed by atoms with Crippen LogP contribution in [-0.2, 0) is 14.8 Å². The van der Waals surface area contributed by atoms with Crippen molar-refractivity contribution in [1.82, 2.24) is 5.32 Å². The van der Waals surface area contributed by atoms with Gasteiger partial charge in [-0.05, 0) is 31.0 Å². The molecule has 8 heteroatoms. The van der Waals surface area contributed by atoms with E-state index in [0.717, 1.165) is 25.5 Å². The third-order valence-electron chi connectivity index (χ3n) is 3.63. The fourth-order valence-electron chi connectivity index (χ4n) is 2.27. The molecule has 0 bridgehead atoms. The van der Waals surface area contributed by atoms with Crippen molar-refractivity contribution < 1.29 is 13.2 Å². The minimum absolute atomic E-state index is 0.0103. The molecule has 0 spiro atoms. The van der Waals surface area contributed by atoms with Gasteiger partial charge in [0.1, 0.15) is 0 Å². The predicted octanol–water partition coefficient (Wildman–Crippen LogP) is 2.68. The van der Waals surface area contributed by atoms with Crippen LogP contribution < -0.4 is 9.62 Å². The lowest BCUT2D eigenvalue weighted by molar-refractivity contribution is -0.127. The van der Waals surface area contributed by atoms with Gasteiger partial charge in [0.15, 0.2) is 0 Å². The largest absolute Gasteiger partial charge is 0.354 e. The Morgan fingerprint density at radius 2 is 1.86 bits per heavy atom. The molecule has 1 aliphatic carbocycles. The first-order chi connectivity index (χ1) is 10.3. The van der Waals surface area contributed by atoms with E-state index in [4.69, 9.17) is 23.2 Å². The molecule has 0 radical (unpaired) electrons. The van der Waals surface area contributed by atoms with Crippen LogP contribution in [0, 0.1) is 5.92 Å². The molecule has 0 aliphatic heterocycles. The van der Waals surface area contributed by atoms with E-state index in [9.17, 15) is 13.2 Å². The molecule has 1 fully saturated rings. The number of halogens is 2. The van der Waals surface area contributed by atoms with Gasteiger partial charge < -0.3 is 5.32 Å². The van der Waals surface area contributed by atoms with Crippen LogP contribution in [0.1, 0.15) is 19.3 Å². The van der Waals surface area contributed by atoms with Gasteiger partial charge in [-0.2, -0.15) is 0 Å². The van der Waals surface area contributed by atoms with Crippen LogP contribution in [0.5, 0.6) is 0 Å². The lowest BCUT2D eigenvalue weighted by Crippen LogP contribution is -2.41. The summed E-state index contributed by atoms with van der Waals surface area (Å²) in [5.74, 6) is 0.0659. The monoisotopic (exact) mass is 364 g/mol. The second kappa shape index (κ2) is 7.06. The molecule has 1 amide bonds. The van der Waals surface area contributed by atoms with Crippen LogP contribution in [0.15, 0.2) is 18.2 Å². The molecule has 0 heterocycles. The maximum Gasteiger partial charge on any atom is 0.232 e. The molecule has 122 valence electrons. The van der Waals surface area contributed by atoms with Crippen LogP contribution in [0.25, 0.3) is 0 Å². The zero-order valence-corrected chi connectivity index (χ0v) is 14.5. The van der Waals surface area contributed by atoms with Crippen molar-refractivity contribution in [2.75, 3.05) is 23.7 Å². The number of hydrogen-bond donors (Lipinski definition) is 1. The van der Waals surface area contributed by atoms with E-state index >= 15 is 0 Å². The summed E-state index contributed by atoms with van der Waals surface area (Å²) in [6, 6.07) is 4.59. The van der Waals surface area contributed by atoms with Crippen LogP contribution >= 0.6 is 23.2 Å². The Morgan fingerprint density at radius 3 is 2.32 bits per heavy atom. The van der Waals surface area contributed by atoms with Gasteiger partial charge in [-0.25, -0.2) is 8.42 Å². The Bertz CT molecular complexity index is 640. The summed E-state index contributed by atoms with van der Waals surface area (Å²) in [5, 5.41) is 3.49. The van der Waals surface area contributed by atoms with Crippen LogP contribution in [0.4, 0.5) is 5.69 Å². The molecule has 1 aliphatic rings. The highest BCUT2D eigenvalue weighted by molar-refractivity contribution is 7.92. The fourth-order valence-corrected chi connectivity index (χ4v) is 3.69. The standard InChI is InChI=1S/C14H18Cl2N2O3S/c1-22(20,21)18(13-8-11(15)7-12(16)9-13)6-5-17-14(19)10-3-2-4-10/h7-10H,2-6H2,1H3,(H,17,19). The summed E-state index contributed by atoms with van der Waals surface area (Å²) in [5.41, 5.74) is 0.387. The highest BCUT2D eigenvalue weighted by Gasteiger charge is 2.25. The Balaban J connectivity index is 2.05. The number of nitrogens with zero attached hydrogens (tertiary/aromatic N) is 1. The van der Waals surface area contributed by atoms with Crippen LogP contribution in [0.2, 0.25) is 10.0 Å². The number of rotatable bonds is 6. The average Bonchev–Trinajstić information content (AvgIpc) is 2.29. The third-order valence-corrected chi connectivity index (χ3v) is 5.26. The van der Waals surface area contributed by atoms with Crippen LogP contribution in [0.3, 0.4) is 0 Å². The molecule has 0 aromatic heterocycles. The fraction of sp³-hybridized carbons (Fsp3) is 0.500. The quantitative estimate of drug-likeness (QED) is 0.843. The van der Waals surface area contributed by atoms with Gasteiger partial charge >= 0.3 is 0 Å². The molecule has 1 aromatic carbocycles. The van der Waals surface area contributed by atoms with E-state index in [0.29, 0.717) is 15.7 Å². The zero-order chi connectivity index (χ0) is 16.3. The van der Waals surface area contributed by atoms with Gasteiger partial charge in [0.2, 0.25) is 15.9 Å². The maximum absolute atomic E-state index is 12.0. The molecule has 0 unspecified atom stereocenters. The first kappa shape index (κ1) is 17.4. The van der Waals surface area contributed by atoms with E-state index in [2.05, 4.69) is 5.32 Å². The van der Waals surface area contributed by atoms with Crippen molar-refractivity contribution in [1.29, 1.82) is 0 Å². The molecule has 2 rings (SSSR count). The zero-order valence-electron chi connectivity index (χ0n) is 12.2.